The Morgan fingerprint density at radius 1 is 1.20 bits per heavy atom. The van der Waals surface area contributed by atoms with Crippen molar-refractivity contribution in [3.05, 3.63) is 59.9 Å². The fraction of sp³-hybridized carbons (Fsp3) is 0.235. The number of carbonyl (C=O) groups is 1. The van der Waals surface area contributed by atoms with Gasteiger partial charge < -0.3 is 10.1 Å². The Hall–Kier alpha value is -2.45. The molecular weight excluding hydrogens is 347 g/mol. The van der Waals surface area contributed by atoms with E-state index < -0.39 is 15.8 Å². The highest BCUT2D eigenvalue weighted by Crippen LogP contribution is 2.17. The SMILES string of the molecule is CC(NC(=O)CCOc1ccccc1F)c1ccc(S(N)(=O)=O)cc1. The van der Waals surface area contributed by atoms with Crippen molar-refractivity contribution in [2.45, 2.75) is 24.3 Å². The summed E-state index contributed by atoms with van der Waals surface area (Å²) in [5.74, 6) is -0.646. The van der Waals surface area contributed by atoms with Gasteiger partial charge in [0.05, 0.1) is 24.0 Å². The standard InChI is InChI=1S/C17H19FN2O4S/c1-12(13-6-8-14(9-7-13)25(19,22)23)20-17(21)10-11-24-16-5-3-2-4-15(16)18/h2-9,12H,10-11H2,1H3,(H,20,21)(H2,19,22,23). The van der Waals surface area contributed by atoms with Gasteiger partial charge >= 0.3 is 0 Å². The number of carbonyl (C=O) groups excluding carboxylic acids is 1. The number of ether oxygens (including phenoxy) is 1. The number of halogens is 1. The maximum Gasteiger partial charge on any atom is 0.238 e. The van der Waals surface area contributed by atoms with E-state index in [9.17, 15) is 17.6 Å². The largest absolute Gasteiger partial charge is 0.490 e. The molecule has 0 aromatic heterocycles. The second kappa shape index (κ2) is 8.09. The monoisotopic (exact) mass is 366 g/mol. The third-order valence-electron chi connectivity index (χ3n) is 3.51. The molecule has 0 radical (unpaired) electrons. The van der Waals surface area contributed by atoms with Crippen LogP contribution in [0.1, 0.15) is 24.9 Å². The molecular formula is C17H19FN2O4S. The van der Waals surface area contributed by atoms with Crippen LogP contribution in [0.25, 0.3) is 0 Å². The number of amides is 1. The molecule has 1 atom stereocenters. The zero-order chi connectivity index (χ0) is 18.4. The van der Waals surface area contributed by atoms with Gasteiger partial charge in [0.25, 0.3) is 0 Å². The van der Waals surface area contributed by atoms with Crippen molar-refractivity contribution in [2.75, 3.05) is 6.61 Å². The molecule has 0 aliphatic rings. The van der Waals surface area contributed by atoms with Crippen molar-refractivity contribution in [1.29, 1.82) is 0 Å². The predicted octanol–water partition coefficient (Wildman–Crippen LogP) is 2.12. The highest BCUT2D eigenvalue weighted by atomic mass is 32.2. The number of sulfonamides is 1. The normalized spacial score (nSPS) is 12.4. The molecule has 1 unspecified atom stereocenters. The summed E-state index contributed by atoms with van der Waals surface area (Å²) in [6.07, 6.45) is 0.0634. The molecule has 0 saturated heterocycles. The Bertz CT molecular complexity index is 838. The number of primary sulfonamides is 1. The first kappa shape index (κ1) is 18.9. The smallest absolute Gasteiger partial charge is 0.238 e. The molecule has 0 spiro atoms. The van der Waals surface area contributed by atoms with Gasteiger partial charge in [0.1, 0.15) is 0 Å². The third-order valence-corrected chi connectivity index (χ3v) is 4.44. The van der Waals surface area contributed by atoms with Crippen LogP contribution in [0, 0.1) is 5.82 Å². The molecule has 0 aliphatic heterocycles. The highest BCUT2D eigenvalue weighted by molar-refractivity contribution is 7.89. The molecule has 134 valence electrons. The van der Waals surface area contributed by atoms with Crippen molar-refractivity contribution in [2.24, 2.45) is 5.14 Å². The molecule has 8 heteroatoms. The molecule has 0 aliphatic carbocycles. The van der Waals surface area contributed by atoms with Gasteiger partial charge in [-0.15, -0.1) is 0 Å². The van der Waals surface area contributed by atoms with E-state index in [0.29, 0.717) is 0 Å². The summed E-state index contributed by atoms with van der Waals surface area (Å²) in [5, 5.41) is 7.80. The van der Waals surface area contributed by atoms with Gasteiger partial charge in [-0.25, -0.2) is 17.9 Å². The maximum atomic E-state index is 13.4. The molecule has 2 rings (SSSR count). The summed E-state index contributed by atoms with van der Waals surface area (Å²) in [5.41, 5.74) is 0.732. The van der Waals surface area contributed by atoms with Gasteiger partial charge in [0.15, 0.2) is 11.6 Å². The van der Waals surface area contributed by atoms with Crippen LogP contribution in [0.4, 0.5) is 4.39 Å². The molecule has 3 N–H and O–H groups in total. The Labute approximate surface area is 145 Å². The highest BCUT2D eigenvalue weighted by Gasteiger charge is 2.12. The van der Waals surface area contributed by atoms with E-state index in [1.807, 2.05) is 0 Å². The van der Waals surface area contributed by atoms with Gasteiger partial charge in [-0.05, 0) is 36.8 Å². The summed E-state index contributed by atoms with van der Waals surface area (Å²) in [7, 11) is -3.74. The van der Waals surface area contributed by atoms with Crippen LogP contribution < -0.4 is 15.2 Å². The molecule has 0 fully saturated rings. The van der Waals surface area contributed by atoms with E-state index in [1.165, 1.54) is 24.3 Å². The lowest BCUT2D eigenvalue weighted by Gasteiger charge is -2.15. The summed E-state index contributed by atoms with van der Waals surface area (Å²) in [4.78, 5) is 11.9. The fourth-order valence-electron chi connectivity index (χ4n) is 2.16. The lowest BCUT2D eigenvalue weighted by Crippen LogP contribution is -2.28. The van der Waals surface area contributed by atoms with Crippen LogP contribution in [0.15, 0.2) is 53.4 Å². The van der Waals surface area contributed by atoms with Gasteiger partial charge in [-0.2, -0.15) is 0 Å². The number of hydrogen-bond acceptors (Lipinski definition) is 4. The first-order chi connectivity index (χ1) is 11.8. The van der Waals surface area contributed by atoms with Crippen molar-refractivity contribution in [3.63, 3.8) is 0 Å². The van der Waals surface area contributed by atoms with Crippen LogP contribution in [-0.2, 0) is 14.8 Å². The second-order valence-corrected chi connectivity index (χ2v) is 6.99. The molecule has 2 aromatic carbocycles. The molecule has 2 aromatic rings. The van der Waals surface area contributed by atoms with Crippen molar-refractivity contribution < 1.29 is 22.3 Å². The molecule has 0 bridgehead atoms. The van der Waals surface area contributed by atoms with Crippen LogP contribution in [-0.4, -0.2) is 20.9 Å². The Balaban J connectivity index is 1.84. The van der Waals surface area contributed by atoms with Crippen LogP contribution in [0.3, 0.4) is 0 Å². The van der Waals surface area contributed by atoms with Crippen molar-refractivity contribution >= 4 is 15.9 Å². The van der Waals surface area contributed by atoms with Crippen LogP contribution in [0.2, 0.25) is 0 Å². The number of nitrogens with two attached hydrogens (primary N) is 1. The van der Waals surface area contributed by atoms with E-state index in [2.05, 4.69) is 5.32 Å². The van der Waals surface area contributed by atoms with Crippen LogP contribution >= 0.6 is 0 Å². The van der Waals surface area contributed by atoms with Gasteiger partial charge in [-0.3, -0.25) is 4.79 Å². The van der Waals surface area contributed by atoms with Gasteiger partial charge in [-0.1, -0.05) is 24.3 Å². The number of nitrogens with one attached hydrogen (secondary N) is 1. The lowest BCUT2D eigenvalue weighted by atomic mass is 10.1. The van der Waals surface area contributed by atoms with Crippen molar-refractivity contribution in [3.8, 4) is 5.75 Å². The Kier molecular flexibility index (Phi) is 6.11. The zero-order valence-corrected chi connectivity index (χ0v) is 14.4. The van der Waals surface area contributed by atoms with Gasteiger partial charge in [0, 0.05) is 0 Å². The molecule has 0 saturated carbocycles. The fourth-order valence-corrected chi connectivity index (χ4v) is 2.67. The van der Waals surface area contributed by atoms with E-state index in [0.717, 1.165) is 5.56 Å². The van der Waals surface area contributed by atoms with E-state index in [4.69, 9.17) is 9.88 Å². The van der Waals surface area contributed by atoms with Crippen LogP contribution in [0.5, 0.6) is 5.75 Å². The number of rotatable bonds is 7. The minimum absolute atomic E-state index is 0.00747. The first-order valence-electron chi connectivity index (χ1n) is 7.57. The quantitative estimate of drug-likeness (QED) is 0.784. The summed E-state index contributed by atoms with van der Waals surface area (Å²) >= 11 is 0. The van der Waals surface area contributed by atoms with E-state index >= 15 is 0 Å². The number of hydrogen-bond donors (Lipinski definition) is 2. The summed E-state index contributed by atoms with van der Waals surface area (Å²) in [6.45, 7) is 1.81. The maximum absolute atomic E-state index is 13.4. The van der Waals surface area contributed by atoms with Crippen molar-refractivity contribution in [1.82, 2.24) is 5.32 Å². The summed E-state index contributed by atoms with van der Waals surface area (Å²) in [6, 6.07) is 11.6. The second-order valence-electron chi connectivity index (χ2n) is 5.43. The molecule has 6 nitrogen and oxygen atoms in total. The first-order valence-corrected chi connectivity index (χ1v) is 9.11. The Morgan fingerprint density at radius 2 is 1.84 bits per heavy atom. The average molecular weight is 366 g/mol. The zero-order valence-electron chi connectivity index (χ0n) is 13.6. The minimum Gasteiger partial charge on any atom is -0.490 e. The third kappa shape index (κ3) is 5.54. The summed E-state index contributed by atoms with van der Waals surface area (Å²) < 4.78 is 41.1. The number of para-hydroxylation sites is 1. The van der Waals surface area contributed by atoms with Gasteiger partial charge in [0.2, 0.25) is 15.9 Å². The topological polar surface area (TPSA) is 98.5 Å². The predicted molar refractivity (Wildman–Crippen MR) is 90.9 cm³/mol. The lowest BCUT2D eigenvalue weighted by molar-refractivity contribution is -0.122. The Morgan fingerprint density at radius 3 is 2.44 bits per heavy atom. The van der Waals surface area contributed by atoms with E-state index in [-0.39, 0.29) is 35.6 Å². The molecule has 25 heavy (non-hydrogen) atoms. The molecule has 0 heterocycles. The molecule has 1 amide bonds. The minimum atomic E-state index is -3.74. The van der Waals surface area contributed by atoms with E-state index in [1.54, 1.807) is 31.2 Å². The number of benzene rings is 2. The average Bonchev–Trinajstić information content (AvgIpc) is 2.56.